The van der Waals surface area contributed by atoms with Crippen molar-refractivity contribution in [1.29, 1.82) is 0 Å². The smallest absolute Gasteiger partial charge is 0.191 e. The molecule has 0 saturated heterocycles. The molecule has 1 aromatic heterocycles. The van der Waals surface area contributed by atoms with Crippen LogP contribution in [-0.4, -0.2) is 39.9 Å². The van der Waals surface area contributed by atoms with Gasteiger partial charge in [0.15, 0.2) is 5.96 Å². The highest BCUT2D eigenvalue weighted by atomic mass is 127. The molecule has 2 N–H and O–H groups in total. The second-order valence-corrected chi connectivity index (χ2v) is 7.58. The second-order valence-electron chi connectivity index (χ2n) is 7.58. The van der Waals surface area contributed by atoms with Crippen LogP contribution >= 0.6 is 24.0 Å². The van der Waals surface area contributed by atoms with Gasteiger partial charge in [-0.15, -0.1) is 34.2 Å². The summed E-state index contributed by atoms with van der Waals surface area (Å²) in [4.78, 5) is 4.82. The van der Waals surface area contributed by atoms with Gasteiger partial charge in [0.25, 0.3) is 0 Å². The van der Waals surface area contributed by atoms with E-state index in [-0.39, 0.29) is 24.0 Å². The molecule has 0 spiro atoms. The van der Waals surface area contributed by atoms with E-state index in [1.54, 1.807) is 0 Å². The second kappa shape index (κ2) is 11.1. The van der Waals surface area contributed by atoms with Crippen molar-refractivity contribution in [2.75, 3.05) is 13.1 Å². The number of aromatic nitrogens is 3. The summed E-state index contributed by atoms with van der Waals surface area (Å²) in [6.07, 6.45) is 12.0. The highest BCUT2D eigenvalue weighted by molar-refractivity contribution is 14.0. The Kier molecular flexibility index (Phi) is 9.15. The third kappa shape index (κ3) is 5.82. The molecule has 3 rings (SSSR count). The molecule has 26 heavy (non-hydrogen) atoms. The summed E-state index contributed by atoms with van der Waals surface area (Å²) in [5.74, 6) is 3.86. The number of hydrogen-bond donors (Lipinski definition) is 2. The van der Waals surface area contributed by atoms with Crippen LogP contribution in [-0.2, 0) is 13.0 Å². The lowest BCUT2D eigenvalue weighted by Crippen LogP contribution is -2.46. The number of hydrogen-bond acceptors (Lipinski definition) is 3. The third-order valence-corrected chi connectivity index (χ3v) is 5.75. The molecule has 0 aliphatic heterocycles. The quantitative estimate of drug-likeness (QED) is 0.249. The fourth-order valence-corrected chi connectivity index (χ4v) is 4.34. The van der Waals surface area contributed by atoms with Crippen LogP contribution in [0.1, 0.15) is 64.6 Å². The maximum absolute atomic E-state index is 4.82. The normalized spacial score (nSPS) is 24.5. The zero-order chi connectivity index (χ0) is 17.5. The van der Waals surface area contributed by atoms with Crippen LogP contribution in [0.2, 0.25) is 0 Å². The number of aliphatic imine (C=N–C) groups is 1. The van der Waals surface area contributed by atoms with Crippen molar-refractivity contribution in [3.05, 3.63) is 12.2 Å². The minimum atomic E-state index is 0. The van der Waals surface area contributed by atoms with Crippen LogP contribution in [0.3, 0.4) is 0 Å². The Morgan fingerprint density at radius 3 is 2.85 bits per heavy atom. The van der Waals surface area contributed by atoms with Gasteiger partial charge in [-0.1, -0.05) is 33.1 Å². The van der Waals surface area contributed by atoms with Crippen molar-refractivity contribution in [3.63, 3.8) is 0 Å². The van der Waals surface area contributed by atoms with Crippen LogP contribution < -0.4 is 10.6 Å². The molecule has 3 unspecified atom stereocenters. The summed E-state index contributed by atoms with van der Waals surface area (Å²) in [7, 11) is 0. The molecule has 7 heteroatoms. The van der Waals surface area contributed by atoms with E-state index >= 15 is 0 Å². The first-order valence-corrected chi connectivity index (χ1v) is 10.2. The molecular formula is C19H35IN6. The van der Waals surface area contributed by atoms with E-state index in [9.17, 15) is 0 Å². The van der Waals surface area contributed by atoms with E-state index < -0.39 is 0 Å². The summed E-state index contributed by atoms with van der Waals surface area (Å²) >= 11 is 0. The number of aryl methyl sites for hydroxylation is 1. The lowest BCUT2D eigenvalue weighted by Gasteiger charge is -2.25. The summed E-state index contributed by atoms with van der Waals surface area (Å²) < 4.78 is 2.12. The molecule has 2 bridgehead atoms. The van der Waals surface area contributed by atoms with Crippen molar-refractivity contribution in [2.24, 2.45) is 16.8 Å². The van der Waals surface area contributed by atoms with Gasteiger partial charge in [0.1, 0.15) is 12.2 Å². The SMILES string of the molecule is CCCCCN=C(NCCn1cnnc1CC)NC1CC2CCC1C2.I. The number of nitrogens with one attached hydrogen (secondary N) is 2. The standard InChI is InChI=1S/C19H34N6.HI/c1-3-5-6-9-20-19(23-17-13-15-7-8-16(17)12-15)21-10-11-25-14-22-24-18(25)4-2;/h14-17H,3-13H2,1-2H3,(H2,20,21,23);1H. The van der Waals surface area contributed by atoms with E-state index in [0.29, 0.717) is 6.04 Å². The van der Waals surface area contributed by atoms with Gasteiger partial charge in [-0.3, -0.25) is 4.99 Å². The van der Waals surface area contributed by atoms with Gasteiger partial charge >= 0.3 is 0 Å². The summed E-state index contributed by atoms with van der Waals surface area (Å²) in [6, 6.07) is 0.622. The van der Waals surface area contributed by atoms with Gasteiger partial charge in [-0.05, 0) is 37.5 Å². The minimum absolute atomic E-state index is 0. The van der Waals surface area contributed by atoms with E-state index in [1.165, 1.54) is 44.9 Å². The van der Waals surface area contributed by atoms with E-state index in [0.717, 1.165) is 49.7 Å². The van der Waals surface area contributed by atoms with Gasteiger partial charge in [-0.2, -0.15) is 0 Å². The van der Waals surface area contributed by atoms with Crippen molar-refractivity contribution in [3.8, 4) is 0 Å². The molecule has 0 radical (unpaired) electrons. The first-order chi connectivity index (χ1) is 12.3. The van der Waals surface area contributed by atoms with E-state index in [2.05, 4.69) is 39.2 Å². The van der Waals surface area contributed by atoms with Crippen molar-refractivity contribution in [1.82, 2.24) is 25.4 Å². The summed E-state index contributed by atoms with van der Waals surface area (Å²) in [5.41, 5.74) is 0. The molecule has 0 amide bonds. The topological polar surface area (TPSA) is 67.1 Å². The minimum Gasteiger partial charge on any atom is -0.355 e. The van der Waals surface area contributed by atoms with Crippen LogP contribution in [0.15, 0.2) is 11.3 Å². The largest absolute Gasteiger partial charge is 0.355 e. The van der Waals surface area contributed by atoms with E-state index in [1.807, 2.05) is 6.33 Å². The van der Waals surface area contributed by atoms with Crippen molar-refractivity contribution >= 4 is 29.9 Å². The molecule has 2 aliphatic rings. The Labute approximate surface area is 175 Å². The predicted octanol–water partition coefficient (Wildman–Crippen LogP) is 3.37. The average Bonchev–Trinajstić information content (AvgIpc) is 3.35. The number of guanidine groups is 1. The molecule has 0 aromatic carbocycles. The Balaban J connectivity index is 0.00000243. The first kappa shape index (κ1) is 21.4. The molecule has 2 aliphatic carbocycles. The molecular weight excluding hydrogens is 439 g/mol. The zero-order valence-corrected chi connectivity index (χ0v) is 18.6. The van der Waals surface area contributed by atoms with Gasteiger partial charge < -0.3 is 15.2 Å². The van der Waals surface area contributed by atoms with Crippen LogP contribution in [0.4, 0.5) is 0 Å². The number of fused-ring (bicyclic) bond motifs is 2. The number of nitrogens with zero attached hydrogens (tertiary/aromatic N) is 4. The number of rotatable bonds is 9. The van der Waals surface area contributed by atoms with Crippen LogP contribution in [0.5, 0.6) is 0 Å². The molecule has 1 heterocycles. The fourth-order valence-electron chi connectivity index (χ4n) is 4.34. The third-order valence-electron chi connectivity index (χ3n) is 5.75. The fraction of sp³-hybridized carbons (Fsp3) is 0.842. The Hall–Kier alpha value is -0.860. The molecule has 3 atom stereocenters. The Morgan fingerprint density at radius 1 is 1.27 bits per heavy atom. The molecule has 148 valence electrons. The Bertz CT molecular complexity index is 558. The number of halogens is 1. The maximum atomic E-state index is 4.82. The first-order valence-electron chi connectivity index (χ1n) is 10.2. The predicted molar refractivity (Wildman–Crippen MR) is 117 cm³/mol. The van der Waals surface area contributed by atoms with Gasteiger partial charge in [0.05, 0.1) is 0 Å². The maximum Gasteiger partial charge on any atom is 0.191 e. The number of unbranched alkanes of at least 4 members (excludes halogenated alkanes) is 2. The zero-order valence-electron chi connectivity index (χ0n) is 16.3. The molecule has 2 fully saturated rings. The highest BCUT2D eigenvalue weighted by Gasteiger charge is 2.39. The van der Waals surface area contributed by atoms with Gasteiger partial charge in [0.2, 0.25) is 0 Å². The molecule has 2 saturated carbocycles. The summed E-state index contributed by atoms with van der Waals surface area (Å²) in [6.45, 7) is 7.00. The lowest BCUT2D eigenvalue weighted by atomic mass is 9.95. The molecule has 6 nitrogen and oxygen atoms in total. The van der Waals surface area contributed by atoms with Gasteiger partial charge in [-0.25, -0.2) is 0 Å². The lowest BCUT2D eigenvalue weighted by molar-refractivity contribution is 0.386. The van der Waals surface area contributed by atoms with Crippen molar-refractivity contribution < 1.29 is 0 Å². The highest BCUT2D eigenvalue weighted by Crippen LogP contribution is 2.44. The summed E-state index contributed by atoms with van der Waals surface area (Å²) in [5, 5.41) is 15.4. The average molecular weight is 474 g/mol. The van der Waals surface area contributed by atoms with Crippen LogP contribution in [0.25, 0.3) is 0 Å². The Morgan fingerprint density at radius 2 is 2.15 bits per heavy atom. The van der Waals surface area contributed by atoms with E-state index in [4.69, 9.17) is 4.99 Å². The monoisotopic (exact) mass is 474 g/mol. The molecule has 1 aromatic rings. The van der Waals surface area contributed by atoms with Crippen molar-refractivity contribution in [2.45, 2.75) is 77.8 Å². The van der Waals surface area contributed by atoms with Gasteiger partial charge in [0, 0.05) is 32.1 Å². The van der Waals surface area contributed by atoms with Crippen LogP contribution in [0, 0.1) is 11.8 Å².